The van der Waals surface area contributed by atoms with Gasteiger partial charge >= 0.3 is 0 Å². The number of nitrogens with zero attached hydrogens (tertiary/aromatic N) is 2. The molecular weight excluding hydrogens is 240 g/mol. The summed E-state index contributed by atoms with van der Waals surface area (Å²) >= 11 is 0. The number of hydrogen-bond donors (Lipinski definition) is 1. The van der Waals surface area contributed by atoms with Crippen LogP contribution in [0.15, 0.2) is 36.7 Å². The Hall–Kier alpha value is -1.78. The van der Waals surface area contributed by atoms with Crippen LogP contribution in [0.3, 0.4) is 0 Å². The van der Waals surface area contributed by atoms with E-state index < -0.39 is 6.10 Å². The smallest absolute Gasteiger partial charge is 0.115 e. The van der Waals surface area contributed by atoms with Gasteiger partial charge in [-0.1, -0.05) is 19.1 Å². The van der Waals surface area contributed by atoms with Gasteiger partial charge in [-0.2, -0.15) is 0 Å². The topological polar surface area (TPSA) is 55.2 Å². The zero-order valence-corrected chi connectivity index (χ0v) is 10.8. The van der Waals surface area contributed by atoms with E-state index in [2.05, 4.69) is 16.9 Å². The lowest BCUT2D eigenvalue weighted by Gasteiger charge is -2.30. The quantitative estimate of drug-likeness (QED) is 0.917. The molecule has 0 aliphatic heterocycles. The van der Waals surface area contributed by atoms with E-state index in [0.29, 0.717) is 6.61 Å². The van der Waals surface area contributed by atoms with Gasteiger partial charge in [-0.15, -0.1) is 0 Å². The summed E-state index contributed by atoms with van der Waals surface area (Å²) in [6, 6.07) is 7.52. The second kappa shape index (κ2) is 5.07. The molecule has 0 bridgehead atoms. The molecule has 1 aliphatic carbocycles. The first-order valence-electron chi connectivity index (χ1n) is 6.52. The molecule has 2 aromatic heterocycles. The number of pyridine rings is 2. The van der Waals surface area contributed by atoms with E-state index in [9.17, 15) is 5.11 Å². The highest BCUT2D eigenvalue weighted by molar-refractivity contribution is 5.66. The molecule has 19 heavy (non-hydrogen) atoms. The van der Waals surface area contributed by atoms with Gasteiger partial charge in [0.1, 0.15) is 12.2 Å². The van der Waals surface area contributed by atoms with Crippen molar-refractivity contribution in [3.05, 3.63) is 47.8 Å². The maximum absolute atomic E-state index is 10.5. The van der Waals surface area contributed by atoms with Gasteiger partial charge in [0.2, 0.25) is 0 Å². The molecule has 0 radical (unpaired) electrons. The average molecular weight is 256 g/mol. The third-order valence-electron chi connectivity index (χ3n) is 3.32. The predicted octanol–water partition coefficient (Wildman–Crippen LogP) is 2.66. The Kier molecular flexibility index (Phi) is 3.27. The van der Waals surface area contributed by atoms with Crippen LogP contribution in [0.2, 0.25) is 0 Å². The second-order valence-electron chi connectivity index (χ2n) is 4.62. The van der Waals surface area contributed by atoms with Crippen LogP contribution < -0.4 is 0 Å². The van der Waals surface area contributed by atoms with E-state index in [1.54, 1.807) is 12.4 Å². The number of hydrogen-bond acceptors (Lipinski definition) is 4. The highest BCUT2D eigenvalue weighted by atomic mass is 16.5. The Morgan fingerprint density at radius 3 is 2.42 bits per heavy atom. The summed E-state index contributed by atoms with van der Waals surface area (Å²) in [6.07, 6.45) is 3.33. The van der Waals surface area contributed by atoms with Crippen LogP contribution in [0.25, 0.3) is 11.4 Å². The van der Waals surface area contributed by atoms with Crippen molar-refractivity contribution >= 4 is 0 Å². The summed E-state index contributed by atoms with van der Waals surface area (Å²) in [4.78, 5) is 8.75. The first kappa shape index (κ1) is 12.3. The Morgan fingerprint density at radius 1 is 1.11 bits per heavy atom. The Morgan fingerprint density at radius 2 is 1.74 bits per heavy atom. The Bertz CT molecular complexity index is 586. The highest BCUT2D eigenvalue weighted by Crippen LogP contribution is 2.43. The number of aliphatic hydroxyl groups is 1. The van der Waals surface area contributed by atoms with E-state index >= 15 is 0 Å². The number of ether oxygens (including phenoxy) is 1. The lowest BCUT2D eigenvalue weighted by atomic mass is 9.88. The van der Waals surface area contributed by atoms with Crippen molar-refractivity contribution in [1.82, 2.24) is 9.97 Å². The van der Waals surface area contributed by atoms with Crippen LogP contribution in [0, 0.1) is 0 Å². The van der Waals surface area contributed by atoms with Crippen molar-refractivity contribution < 1.29 is 9.84 Å². The summed E-state index contributed by atoms with van der Waals surface area (Å²) in [5.41, 5.74) is 3.26. The maximum Gasteiger partial charge on any atom is 0.115 e. The molecule has 98 valence electrons. The van der Waals surface area contributed by atoms with Crippen LogP contribution in [0.5, 0.6) is 0 Å². The van der Waals surface area contributed by atoms with Crippen LogP contribution in [0.4, 0.5) is 0 Å². The molecule has 1 N–H and O–H groups in total. The van der Waals surface area contributed by atoms with Crippen LogP contribution in [-0.2, 0) is 4.74 Å². The molecule has 2 aromatic rings. The molecule has 4 heteroatoms. The molecular formula is C15H16N2O2. The summed E-state index contributed by atoms with van der Waals surface area (Å²) < 4.78 is 5.81. The molecule has 0 fully saturated rings. The van der Waals surface area contributed by atoms with Crippen molar-refractivity contribution in [2.75, 3.05) is 6.61 Å². The third-order valence-corrected chi connectivity index (χ3v) is 3.32. The largest absolute Gasteiger partial charge is 0.385 e. The van der Waals surface area contributed by atoms with Crippen molar-refractivity contribution in [3.8, 4) is 11.4 Å². The van der Waals surface area contributed by atoms with Crippen LogP contribution >= 0.6 is 0 Å². The van der Waals surface area contributed by atoms with Crippen molar-refractivity contribution in [1.29, 1.82) is 0 Å². The second-order valence-corrected chi connectivity index (χ2v) is 4.62. The van der Waals surface area contributed by atoms with E-state index in [4.69, 9.17) is 4.74 Å². The van der Waals surface area contributed by atoms with Crippen LogP contribution in [-0.4, -0.2) is 21.7 Å². The fraction of sp³-hybridized carbons (Fsp3) is 0.333. The first-order valence-corrected chi connectivity index (χ1v) is 6.52. The summed E-state index contributed by atoms with van der Waals surface area (Å²) in [5, 5.41) is 10.5. The molecule has 0 aromatic carbocycles. The van der Waals surface area contributed by atoms with Crippen molar-refractivity contribution in [2.24, 2.45) is 0 Å². The van der Waals surface area contributed by atoms with E-state index in [0.717, 1.165) is 28.9 Å². The standard InChI is InChI=1S/C15H16N2O2/c1-2-9-19-15-11-6-4-8-17-13(11)12-10(14(15)18)5-3-7-16-12/h3-8,14-15,18H,2,9H2,1H3/t14-,15-/m1/s1. The number of fused-ring (bicyclic) bond motifs is 3. The Balaban J connectivity index is 2.12. The lowest BCUT2D eigenvalue weighted by Crippen LogP contribution is -2.21. The molecule has 2 atom stereocenters. The summed E-state index contributed by atoms with van der Waals surface area (Å²) in [5.74, 6) is 0. The molecule has 2 heterocycles. The van der Waals surface area contributed by atoms with Crippen LogP contribution in [0.1, 0.15) is 36.7 Å². The zero-order chi connectivity index (χ0) is 13.2. The van der Waals surface area contributed by atoms with E-state index in [1.807, 2.05) is 24.3 Å². The van der Waals surface area contributed by atoms with Crippen molar-refractivity contribution in [3.63, 3.8) is 0 Å². The minimum atomic E-state index is -0.688. The van der Waals surface area contributed by atoms with Gasteiger partial charge in [0.15, 0.2) is 0 Å². The van der Waals surface area contributed by atoms with Gasteiger partial charge in [0.05, 0.1) is 11.4 Å². The van der Waals surface area contributed by atoms with Gasteiger partial charge < -0.3 is 9.84 Å². The normalized spacial score (nSPS) is 20.7. The summed E-state index contributed by atoms with van der Waals surface area (Å²) in [6.45, 7) is 2.67. The Labute approximate surface area is 112 Å². The molecule has 0 unspecified atom stereocenters. The highest BCUT2D eigenvalue weighted by Gasteiger charge is 2.34. The predicted molar refractivity (Wildman–Crippen MR) is 71.4 cm³/mol. The molecule has 0 amide bonds. The number of aromatic nitrogens is 2. The van der Waals surface area contributed by atoms with E-state index in [-0.39, 0.29) is 6.10 Å². The first-order chi connectivity index (χ1) is 9.33. The molecule has 1 aliphatic rings. The molecule has 0 saturated carbocycles. The molecule has 0 spiro atoms. The molecule has 0 saturated heterocycles. The zero-order valence-electron chi connectivity index (χ0n) is 10.8. The SMILES string of the molecule is CCCO[C@@H]1c2cccnc2-c2ncccc2[C@H]1O. The number of rotatable bonds is 3. The molecule has 4 nitrogen and oxygen atoms in total. The van der Waals surface area contributed by atoms with Gasteiger partial charge in [-0.05, 0) is 18.6 Å². The van der Waals surface area contributed by atoms with Gasteiger partial charge in [-0.3, -0.25) is 9.97 Å². The fourth-order valence-electron chi connectivity index (χ4n) is 2.46. The maximum atomic E-state index is 10.5. The summed E-state index contributed by atoms with van der Waals surface area (Å²) in [7, 11) is 0. The monoisotopic (exact) mass is 256 g/mol. The minimum Gasteiger partial charge on any atom is -0.385 e. The van der Waals surface area contributed by atoms with E-state index in [1.165, 1.54) is 0 Å². The third kappa shape index (κ3) is 2.03. The minimum absolute atomic E-state index is 0.361. The van der Waals surface area contributed by atoms with Gasteiger partial charge in [0, 0.05) is 30.1 Å². The average Bonchev–Trinajstić information content (AvgIpc) is 2.47. The van der Waals surface area contributed by atoms with Gasteiger partial charge in [-0.25, -0.2) is 0 Å². The molecule has 3 rings (SSSR count). The van der Waals surface area contributed by atoms with Crippen molar-refractivity contribution in [2.45, 2.75) is 25.6 Å². The fourth-order valence-corrected chi connectivity index (χ4v) is 2.46. The number of aliphatic hydroxyl groups excluding tert-OH is 1. The van der Waals surface area contributed by atoms with Gasteiger partial charge in [0.25, 0.3) is 0 Å². The lowest BCUT2D eigenvalue weighted by molar-refractivity contribution is -0.0424.